The summed E-state index contributed by atoms with van der Waals surface area (Å²) in [6.45, 7) is 0. The van der Waals surface area contributed by atoms with Gasteiger partial charge in [0.2, 0.25) is 0 Å². The lowest BCUT2D eigenvalue weighted by Crippen LogP contribution is -2.20. The van der Waals surface area contributed by atoms with Crippen LogP contribution in [0.15, 0.2) is 18.2 Å². The van der Waals surface area contributed by atoms with Crippen molar-refractivity contribution in [3.63, 3.8) is 0 Å². The van der Waals surface area contributed by atoms with Gasteiger partial charge in [-0.1, -0.05) is 6.07 Å². The minimum Gasteiger partial charge on any atom is -0.298 e. The molecule has 0 spiro atoms. The average molecular weight is 183 g/mol. The molecule has 0 aliphatic heterocycles. The largest absolute Gasteiger partial charge is 0.298 e. The van der Waals surface area contributed by atoms with Crippen LogP contribution < -0.4 is 5.48 Å². The highest BCUT2D eigenvalue weighted by molar-refractivity contribution is 5.94. The summed E-state index contributed by atoms with van der Waals surface area (Å²) in [6.07, 6.45) is 0.462. The molecule has 0 aliphatic carbocycles. The van der Waals surface area contributed by atoms with E-state index in [0.717, 1.165) is 12.1 Å². The molecule has 5 heteroatoms. The van der Waals surface area contributed by atoms with Crippen LogP contribution in [-0.4, -0.2) is 17.4 Å². The molecule has 1 amide bonds. The number of rotatable bonds is 2. The van der Waals surface area contributed by atoms with Crippen molar-refractivity contribution < 1.29 is 19.2 Å². The molecule has 0 fully saturated rings. The fourth-order valence-corrected chi connectivity index (χ4v) is 0.849. The van der Waals surface area contributed by atoms with E-state index in [2.05, 4.69) is 0 Å². The van der Waals surface area contributed by atoms with Crippen molar-refractivity contribution in [1.29, 1.82) is 0 Å². The highest BCUT2D eigenvalue weighted by Crippen LogP contribution is 2.08. The van der Waals surface area contributed by atoms with Gasteiger partial charge in [0, 0.05) is 5.56 Å². The van der Waals surface area contributed by atoms with Crippen LogP contribution in [0.2, 0.25) is 0 Å². The highest BCUT2D eigenvalue weighted by Gasteiger charge is 2.10. The summed E-state index contributed by atoms with van der Waals surface area (Å²) >= 11 is 0. The minimum absolute atomic E-state index is 0.131. The van der Waals surface area contributed by atoms with E-state index in [1.54, 1.807) is 0 Å². The molecular formula is C8H6FNO3. The molecule has 0 radical (unpaired) electrons. The SMILES string of the molecule is O=Cc1ccc(C(=O)NO)c(F)c1. The fourth-order valence-electron chi connectivity index (χ4n) is 0.849. The van der Waals surface area contributed by atoms with Crippen molar-refractivity contribution >= 4 is 12.2 Å². The summed E-state index contributed by atoms with van der Waals surface area (Å²) in [5.41, 5.74) is 1.11. The van der Waals surface area contributed by atoms with Gasteiger partial charge in [-0.3, -0.25) is 14.8 Å². The smallest absolute Gasteiger partial charge is 0.277 e. The maximum atomic E-state index is 12.9. The van der Waals surface area contributed by atoms with Crippen LogP contribution in [0.3, 0.4) is 0 Å². The predicted octanol–water partition coefficient (Wildman–Crippen LogP) is 0.757. The molecule has 2 N–H and O–H groups in total. The number of halogens is 1. The van der Waals surface area contributed by atoms with E-state index in [-0.39, 0.29) is 11.1 Å². The average Bonchev–Trinajstić information content (AvgIpc) is 2.16. The predicted molar refractivity (Wildman–Crippen MR) is 41.0 cm³/mol. The fraction of sp³-hybridized carbons (Fsp3) is 0. The number of hydrogen-bond acceptors (Lipinski definition) is 3. The Kier molecular flexibility index (Phi) is 2.71. The summed E-state index contributed by atoms with van der Waals surface area (Å²) in [7, 11) is 0. The maximum absolute atomic E-state index is 12.9. The van der Waals surface area contributed by atoms with Gasteiger partial charge < -0.3 is 0 Å². The van der Waals surface area contributed by atoms with Crippen LogP contribution in [0.1, 0.15) is 20.7 Å². The molecule has 0 atom stereocenters. The Morgan fingerprint density at radius 1 is 1.54 bits per heavy atom. The lowest BCUT2D eigenvalue weighted by Gasteiger charge is -2.00. The van der Waals surface area contributed by atoms with E-state index < -0.39 is 11.7 Å². The molecule has 0 aliphatic rings. The topological polar surface area (TPSA) is 66.4 Å². The van der Waals surface area contributed by atoms with Crippen LogP contribution in [0, 0.1) is 5.82 Å². The molecule has 0 aromatic heterocycles. The number of hydrogen-bond donors (Lipinski definition) is 2. The lowest BCUT2D eigenvalue weighted by atomic mass is 10.1. The van der Waals surface area contributed by atoms with Crippen molar-refractivity contribution in [2.75, 3.05) is 0 Å². The van der Waals surface area contributed by atoms with Crippen molar-refractivity contribution in [2.24, 2.45) is 0 Å². The maximum Gasteiger partial charge on any atom is 0.277 e. The summed E-state index contributed by atoms with van der Waals surface area (Å²) in [5.74, 6) is -1.80. The van der Waals surface area contributed by atoms with Crippen molar-refractivity contribution in [1.82, 2.24) is 5.48 Å². The van der Waals surface area contributed by atoms with Gasteiger partial charge in [-0.25, -0.2) is 9.87 Å². The van der Waals surface area contributed by atoms with Crippen LogP contribution in [0.5, 0.6) is 0 Å². The third-order valence-electron chi connectivity index (χ3n) is 1.48. The lowest BCUT2D eigenvalue weighted by molar-refractivity contribution is 0.0701. The number of carbonyl (C=O) groups excluding carboxylic acids is 2. The third-order valence-corrected chi connectivity index (χ3v) is 1.48. The zero-order valence-corrected chi connectivity index (χ0v) is 6.45. The first-order valence-electron chi connectivity index (χ1n) is 3.38. The Hall–Kier alpha value is -1.75. The normalized spacial score (nSPS) is 9.38. The molecule has 13 heavy (non-hydrogen) atoms. The Morgan fingerprint density at radius 3 is 2.69 bits per heavy atom. The van der Waals surface area contributed by atoms with Crippen LogP contribution in [-0.2, 0) is 0 Å². The van der Waals surface area contributed by atoms with E-state index in [1.807, 2.05) is 0 Å². The van der Waals surface area contributed by atoms with Crippen LogP contribution >= 0.6 is 0 Å². The molecule has 0 saturated heterocycles. The first kappa shape index (κ1) is 9.34. The van der Waals surface area contributed by atoms with Crippen molar-refractivity contribution in [3.8, 4) is 0 Å². The molecule has 0 heterocycles. The Balaban J connectivity index is 3.12. The first-order valence-corrected chi connectivity index (χ1v) is 3.38. The molecule has 1 aromatic carbocycles. The second-order valence-electron chi connectivity index (χ2n) is 2.30. The summed E-state index contributed by atoms with van der Waals surface area (Å²) in [6, 6.07) is 3.31. The quantitative estimate of drug-likeness (QED) is 0.404. The van der Waals surface area contributed by atoms with E-state index in [1.165, 1.54) is 11.5 Å². The summed E-state index contributed by atoms with van der Waals surface area (Å²) in [4.78, 5) is 20.9. The van der Waals surface area contributed by atoms with Crippen LogP contribution in [0.4, 0.5) is 4.39 Å². The molecular weight excluding hydrogens is 177 g/mol. The number of amides is 1. The third kappa shape index (κ3) is 1.88. The van der Waals surface area contributed by atoms with Gasteiger partial charge >= 0.3 is 0 Å². The number of benzene rings is 1. The van der Waals surface area contributed by atoms with Gasteiger partial charge in [-0.05, 0) is 12.1 Å². The van der Waals surface area contributed by atoms with E-state index in [4.69, 9.17) is 5.21 Å². The number of aldehydes is 1. The van der Waals surface area contributed by atoms with E-state index in [9.17, 15) is 14.0 Å². The Morgan fingerprint density at radius 2 is 2.23 bits per heavy atom. The zero-order chi connectivity index (χ0) is 9.84. The second kappa shape index (κ2) is 3.77. The van der Waals surface area contributed by atoms with Gasteiger partial charge in [0.05, 0.1) is 5.56 Å². The van der Waals surface area contributed by atoms with E-state index >= 15 is 0 Å². The molecule has 68 valence electrons. The Bertz CT molecular complexity index is 351. The number of hydroxylamine groups is 1. The Labute approximate surface area is 72.9 Å². The van der Waals surface area contributed by atoms with Gasteiger partial charge in [0.1, 0.15) is 12.1 Å². The van der Waals surface area contributed by atoms with Gasteiger partial charge in [0.15, 0.2) is 0 Å². The molecule has 0 bridgehead atoms. The molecule has 0 unspecified atom stereocenters. The van der Waals surface area contributed by atoms with Gasteiger partial charge in [-0.2, -0.15) is 0 Å². The monoisotopic (exact) mass is 183 g/mol. The van der Waals surface area contributed by atoms with E-state index in [0.29, 0.717) is 6.29 Å². The van der Waals surface area contributed by atoms with Gasteiger partial charge in [-0.15, -0.1) is 0 Å². The number of nitrogens with one attached hydrogen (secondary N) is 1. The molecule has 0 saturated carbocycles. The molecule has 4 nitrogen and oxygen atoms in total. The molecule has 1 rings (SSSR count). The van der Waals surface area contributed by atoms with Crippen molar-refractivity contribution in [2.45, 2.75) is 0 Å². The van der Waals surface area contributed by atoms with Crippen molar-refractivity contribution in [3.05, 3.63) is 35.1 Å². The summed E-state index contributed by atoms with van der Waals surface area (Å²) < 4.78 is 12.9. The zero-order valence-electron chi connectivity index (χ0n) is 6.45. The van der Waals surface area contributed by atoms with Gasteiger partial charge in [0.25, 0.3) is 5.91 Å². The number of carbonyl (C=O) groups is 2. The standard InChI is InChI=1S/C8H6FNO3/c9-7-3-5(4-11)1-2-6(7)8(12)10-13/h1-4,13H,(H,10,12). The first-order chi connectivity index (χ1) is 6.19. The van der Waals surface area contributed by atoms with Crippen LogP contribution in [0.25, 0.3) is 0 Å². The summed E-state index contributed by atoms with van der Waals surface area (Å²) in [5, 5.41) is 8.20. The highest BCUT2D eigenvalue weighted by atomic mass is 19.1. The second-order valence-corrected chi connectivity index (χ2v) is 2.30. The minimum atomic E-state index is -0.949. The molecule has 1 aromatic rings.